The number of sulfone groups is 1. The van der Waals surface area contributed by atoms with Gasteiger partial charge in [0.1, 0.15) is 29.6 Å². The molecule has 0 unspecified atom stereocenters. The molecule has 15 heteroatoms. The van der Waals surface area contributed by atoms with Gasteiger partial charge in [-0.05, 0) is 25.0 Å². The highest BCUT2D eigenvalue weighted by molar-refractivity contribution is 7.91. The number of hydrogen-bond donors (Lipinski definition) is 2. The van der Waals surface area contributed by atoms with E-state index in [9.17, 15) is 22.8 Å². The van der Waals surface area contributed by atoms with E-state index in [1.54, 1.807) is 38.2 Å². The first-order valence-corrected chi connectivity index (χ1v) is 14.8. The SMILES string of the molecule is Cc1nn(-c2ncnc3nc[nH]c23)c2c1[C@@]1(CC(=O)N2)C(=O)N(CC(=O)N(C)[C@@H]2CCS(=O)(=O)C2)c2ccccc21. The maximum Gasteiger partial charge on any atom is 0.243 e. The Labute approximate surface area is 233 Å². The van der Waals surface area contributed by atoms with Crippen molar-refractivity contribution < 1.29 is 22.8 Å². The first kappa shape index (κ1) is 25.3. The van der Waals surface area contributed by atoms with Crippen LogP contribution in [0.25, 0.3) is 17.0 Å². The summed E-state index contributed by atoms with van der Waals surface area (Å²) in [5.41, 5.74) is 1.64. The molecule has 41 heavy (non-hydrogen) atoms. The highest BCUT2D eigenvalue weighted by Crippen LogP contribution is 2.53. The van der Waals surface area contributed by atoms with Gasteiger partial charge >= 0.3 is 0 Å². The molecule has 3 aliphatic heterocycles. The number of fused-ring (bicyclic) bond motifs is 5. The fourth-order valence-electron chi connectivity index (χ4n) is 6.35. The van der Waals surface area contributed by atoms with Crippen LogP contribution >= 0.6 is 0 Å². The van der Waals surface area contributed by atoms with Crippen molar-refractivity contribution in [2.75, 3.05) is 35.3 Å². The molecule has 0 radical (unpaired) electrons. The number of rotatable bonds is 4. The maximum absolute atomic E-state index is 14.5. The zero-order valence-corrected chi connectivity index (χ0v) is 23.0. The lowest BCUT2D eigenvalue weighted by Crippen LogP contribution is -2.50. The summed E-state index contributed by atoms with van der Waals surface area (Å²) in [5, 5.41) is 7.58. The van der Waals surface area contributed by atoms with Crippen LogP contribution in [0.3, 0.4) is 0 Å². The lowest BCUT2D eigenvalue weighted by atomic mass is 9.70. The van der Waals surface area contributed by atoms with E-state index in [4.69, 9.17) is 5.10 Å². The van der Waals surface area contributed by atoms with Crippen LogP contribution in [0, 0.1) is 6.92 Å². The molecular weight excluding hydrogens is 550 g/mol. The average Bonchev–Trinajstić information content (AvgIpc) is 3.70. The second kappa shape index (κ2) is 8.67. The van der Waals surface area contributed by atoms with E-state index in [2.05, 4.69) is 25.3 Å². The van der Waals surface area contributed by atoms with E-state index < -0.39 is 33.1 Å². The molecule has 1 aromatic carbocycles. The van der Waals surface area contributed by atoms with E-state index in [0.717, 1.165) is 0 Å². The monoisotopic (exact) mass is 575 g/mol. The molecule has 1 saturated heterocycles. The molecule has 0 saturated carbocycles. The lowest BCUT2D eigenvalue weighted by Gasteiger charge is -2.33. The number of amides is 3. The number of aromatic nitrogens is 6. The molecule has 2 atom stereocenters. The van der Waals surface area contributed by atoms with Gasteiger partial charge in [-0.15, -0.1) is 0 Å². The third-order valence-corrected chi connectivity index (χ3v) is 10.0. The van der Waals surface area contributed by atoms with Crippen LogP contribution in [0.15, 0.2) is 36.9 Å². The van der Waals surface area contributed by atoms with Crippen LogP contribution in [0.4, 0.5) is 11.5 Å². The van der Waals surface area contributed by atoms with Gasteiger partial charge in [0.2, 0.25) is 17.7 Å². The highest BCUT2D eigenvalue weighted by Gasteiger charge is 2.58. The van der Waals surface area contributed by atoms with Crippen molar-refractivity contribution in [3.8, 4) is 5.82 Å². The molecule has 7 rings (SSSR count). The van der Waals surface area contributed by atoms with E-state index in [-0.39, 0.29) is 30.4 Å². The number of hydrogen-bond acceptors (Lipinski definition) is 9. The zero-order chi connectivity index (χ0) is 28.7. The fraction of sp³-hybridized carbons (Fsp3) is 0.346. The van der Waals surface area contributed by atoms with Crippen LogP contribution < -0.4 is 10.2 Å². The molecule has 3 amide bonds. The Morgan fingerprint density at radius 2 is 2.00 bits per heavy atom. The Hall–Kier alpha value is -4.66. The van der Waals surface area contributed by atoms with Gasteiger partial charge in [0.05, 0.1) is 23.5 Å². The minimum Gasteiger partial charge on any atom is -0.340 e. The van der Waals surface area contributed by atoms with E-state index >= 15 is 0 Å². The molecule has 0 bridgehead atoms. The Morgan fingerprint density at radius 1 is 1.20 bits per heavy atom. The Kier molecular flexibility index (Phi) is 5.35. The topological polar surface area (TPSA) is 176 Å². The molecule has 0 aliphatic carbocycles. The number of imidazole rings is 1. The van der Waals surface area contributed by atoms with Gasteiger partial charge in [0.25, 0.3) is 0 Å². The molecule has 4 aromatic rings. The van der Waals surface area contributed by atoms with Gasteiger partial charge in [0.15, 0.2) is 21.3 Å². The predicted octanol–water partition coefficient (Wildman–Crippen LogP) is 0.467. The first-order chi connectivity index (χ1) is 19.6. The lowest BCUT2D eigenvalue weighted by molar-refractivity contribution is -0.132. The van der Waals surface area contributed by atoms with Gasteiger partial charge in [-0.3, -0.25) is 14.4 Å². The van der Waals surface area contributed by atoms with Crippen molar-refractivity contribution in [2.24, 2.45) is 0 Å². The Morgan fingerprint density at radius 3 is 2.78 bits per heavy atom. The van der Waals surface area contributed by atoms with Crippen molar-refractivity contribution in [1.29, 1.82) is 0 Å². The first-order valence-electron chi connectivity index (χ1n) is 13.0. The molecule has 3 aliphatic rings. The molecule has 1 fully saturated rings. The number of benzene rings is 1. The van der Waals surface area contributed by atoms with E-state index in [1.165, 1.54) is 27.1 Å². The summed E-state index contributed by atoms with van der Waals surface area (Å²) in [6, 6.07) is 6.65. The summed E-state index contributed by atoms with van der Waals surface area (Å²) < 4.78 is 25.5. The summed E-state index contributed by atoms with van der Waals surface area (Å²) in [4.78, 5) is 59.7. The number of H-pyrrole nitrogens is 1. The van der Waals surface area contributed by atoms with Gasteiger partial charge in [0, 0.05) is 30.8 Å². The molecule has 2 N–H and O–H groups in total. The van der Waals surface area contributed by atoms with Gasteiger partial charge < -0.3 is 20.1 Å². The standard InChI is InChI=1S/C26H25N9O5S/c1-14-20-23(35(32-14)24-21-22(28-12-27-21)29-13-30-24)31-18(36)9-26(20)16-5-3-4-6-17(16)34(25(26)38)10-19(37)33(2)15-7-8-41(39,40)11-15/h3-6,12-13,15H,7-11H2,1-2H3,(H,31,36)(H,27,28,29,30)/t15-,26+/m1/s1. The summed E-state index contributed by atoms with van der Waals surface area (Å²) in [7, 11) is -1.64. The number of likely N-dealkylation sites (N-methyl/N-ethyl adjacent to an activating group) is 1. The number of carbonyl (C=O) groups is 3. The van der Waals surface area contributed by atoms with Crippen molar-refractivity contribution in [3.05, 3.63) is 53.7 Å². The van der Waals surface area contributed by atoms with E-state index in [0.29, 0.717) is 51.7 Å². The molecular formula is C26H25N9O5S. The maximum atomic E-state index is 14.5. The second-order valence-corrected chi connectivity index (χ2v) is 12.8. The molecule has 1 spiro atoms. The van der Waals surface area contributed by atoms with Crippen LogP contribution in [0.2, 0.25) is 0 Å². The van der Waals surface area contributed by atoms with Crippen molar-refractivity contribution in [2.45, 2.75) is 31.2 Å². The van der Waals surface area contributed by atoms with E-state index in [1.807, 2.05) is 0 Å². The number of nitrogens with one attached hydrogen (secondary N) is 2. The number of anilines is 2. The molecule has 14 nitrogen and oxygen atoms in total. The van der Waals surface area contributed by atoms with Crippen molar-refractivity contribution in [1.82, 2.24) is 34.6 Å². The smallest absolute Gasteiger partial charge is 0.243 e. The van der Waals surface area contributed by atoms with Crippen LogP contribution in [0.1, 0.15) is 29.7 Å². The predicted molar refractivity (Wildman–Crippen MR) is 146 cm³/mol. The minimum absolute atomic E-state index is 0.0300. The largest absolute Gasteiger partial charge is 0.340 e. The van der Waals surface area contributed by atoms with Gasteiger partial charge in [-0.2, -0.15) is 9.78 Å². The van der Waals surface area contributed by atoms with Crippen LogP contribution in [0.5, 0.6) is 0 Å². The molecule has 210 valence electrons. The summed E-state index contributed by atoms with van der Waals surface area (Å²) in [6.07, 6.45) is 3.01. The Balaban J connectivity index is 1.33. The third-order valence-electron chi connectivity index (χ3n) is 8.28. The fourth-order valence-corrected chi connectivity index (χ4v) is 8.13. The number of aromatic amines is 1. The Bertz CT molecular complexity index is 1900. The highest BCUT2D eigenvalue weighted by atomic mass is 32.2. The number of para-hydroxylation sites is 1. The average molecular weight is 576 g/mol. The van der Waals surface area contributed by atoms with Crippen LogP contribution in [-0.4, -0.2) is 91.9 Å². The second-order valence-electron chi connectivity index (χ2n) is 10.6. The van der Waals surface area contributed by atoms with Gasteiger partial charge in [-0.25, -0.2) is 23.4 Å². The number of aryl methyl sites for hydroxylation is 1. The zero-order valence-electron chi connectivity index (χ0n) is 22.2. The molecule has 6 heterocycles. The van der Waals surface area contributed by atoms with Crippen molar-refractivity contribution in [3.63, 3.8) is 0 Å². The quantitative estimate of drug-likeness (QED) is 0.350. The van der Waals surface area contributed by atoms with Crippen molar-refractivity contribution >= 4 is 50.2 Å². The number of carbonyl (C=O) groups excluding carboxylic acids is 3. The summed E-state index contributed by atoms with van der Waals surface area (Å²) in [6.45, 7) is 1.47. The third kappa shape index (κ3) is 3.61. The molecule has 3 aromatic heterocycles. The summed E-state index contributed by atoms with van der Waals surface area (Å²) >= 11 is 0. The van der Waals surface area contributed by atoms with Gasteiger partial charge in [-0.1, -0.05) is 18.2 Å². The summed E-state index contributed by atoms with van der Waals surface area (Å²) in [5.74, 6) is -0.611. The minimum atomic E-state index is -3.20. The normalized spacial score (nSPS) is 22.7. The van der Waals surface area contributed by atoms with Crippen LogP contribution in [-0.2, 0) is 29.6 Å². The number of nitrogens with zero attached hydrogens (tertiary/aromatic N) is 7.